The number of pyridine rings is 1. The molecule has 1 N–H and O–H groups in total. The Morgan fingerprint density at radius 1 is 1.47 bits per heavy atom. The molecule has 1 atom stereocenters. The molecule has 1 aromatic heterocycles. The number of ether oxygens (including phenoxy) is 1. The van der Waals surface area contributed by atoms with E-state index in [9.17, 15) is 13.2 Å². The van der Waals surface area contributed by atoms with Gasteiger partial charge in [0.15, 0.2) is 6.10 Å². The second-order valence-corrected chi connectivity index (χ2v) is 3.52. The molecule has 0 bridgehead atoms. The molecular formula is C8H7BrF3NO2. The van der Waals surface area contributed by atoms with Gasteiger partial charge in [-0.3, -0.25) is 0 Å². The summed E-state index contributed by atoms with van der Waals surface area (Å²) in [5, 5.41) is 8.98. The summed E-state index contributed by atoms with van der Waals surface area (Å²) in [6, 6.07) is 2.72. The van der Waals surface area contributed by atoms with Gasteiger partial charge in [-0.25, -0.2) is 4.98 Å². The van der Waals surface area contributed by atoms with Gasteiger partial charge < -0.3 is 9.84 Å². The molecule has 0 aliphatic heterocycles. The van der Waals surface area contributed by atoms with Gasteiger partial charge in [0.1, 0.15) is 0 Å². The number of halogens is 4. The molecule has 0 fully saturated rings. The smallest absolute Gasteiger partial charge is 0.420 e. The predicted octanol–water partition coefficient (Wildman–Crippen LogP) is 2.45. The average Bonchev–Trinajstić information content (AvgIpc) is 2.16. The zero-order valence-electron chi connectivity index (χ0n) is 7.55. The lowest BCUT2D eigenvalue weighted by molar-refractivity contribution is -0.208. The van der Waals surface area contributed by atoms with Crippen LogP contribution in [0, 0.1) is 0 Å². The van der Waals surface area contributed by atoms with Gasteiger partial charge >= 0.3 is 6.18 Å². The number of hydrogen-bond acceptors (Lipinski definition) is 3. The third-order valence-corrected chi connectivity index (χ3v) is 2.30. The minimum Gasteiger partial charge on any atom is -0.481 e. The first-order valence-corrected chi connectivity index (χ1v) is 4.60. The van der Waals surface area contributed by atoms with Crippen molar-refractivity contribution in [3.8, 4) is 5.88 Å². The number of methoxy groups -OCH3 is 1. The summed E-state index contributed by atoms with van der Waals surface area (Å²) in [5.41, 5.74) is -0.512. The lowest BCUT2D eigenvalue weighted by atomic mass is 10.2. The van der Waals surface area contributed by atoms with E-state index in [1.165, 1.54) is 19.2 Å². The summed E-state index contributed by atoms with van der Waals surface area (Å²) in [4.78, 5) is 3.52. The highest BCUT2D eigenvalue weighted by Crippen LogP contribution is 2.35. The van der Waals surface area contributed by atoms with Crippen molar-refractivity contribution in [2.24, 2.45) is 0 Å². The third-order valence-electron chi connectivity index (χ3n) is 1.63. The van der Waals surface area contributed by atoms with Crippen molar-refractivity contribution in [2.45, 2.75) is 12.3 Å². The van der Waals surface area contributed by atoms with Crippen LogP contribution in [0.4, 0.5) is 13.2 Å². The van der Waals surface area contributed by atoms with Gasteiger partial charge in [-0.1, -0.05) is 0 Å². The maximum atomic E-state index is 12.2. The SMILES string of the molecule is COc1ccc(Br)c(C(O)C(F)(F)F)n1. The van der Waals surface area contributed by atoms with E-state index in [-0.39, 0.29) is 10.4 Å². The number of nitrogens with zero attached hydrogens (tertiary/aromatic N) is 1. The Morgan fingerprint density at radius 2 is 2.07 bits per heavy atom. The Balaban J connectivity index is 3.12. The molecule has 0 radical (unpaired) electrons. The van der Waals surface area contributed by atoms with Crippen molar-refractivity contribution in [2.75, 3.05) is 7.11 Å². The Hall–Kier alpha value is -0.820. The maximum absolute atomic E-state index is 12.2. The maximum Gasteiger partial charge on any atom is 0.420 e. The molecule has 0 aromatic carbocycles. The number of hydrogen-bond donors (Lipinski definition) is 1. The van der Waals surface area contributed by atoms with E-state index in [1.54, 1.807) is 0 Å². The molecule has 1 aromatic rings. The molecule has 0 aliphatic carbocycles. The van der Waals surface area contributed by atoms with E-state index in [4.69, 9.17) is 5.11 Å². The number of aliphatic hydroxyl groups is 1. The van der Waals surface area contributed by atoms with Crippen molar-refractivity contribution in [1.29, 1.82) is 0 Å². The molecule has 0 saturated heterocycles. The number of rotatable bonds is 2. The molecule has 1 unspecified atom stereocenters. The van der Waals surface area contributed by atoms with Crippen LogP contribution in [0.15, 0.2) is 16.6 Å². The van der Waals surface area contributed by atoms with E-state index in [0.29, 0.717) is 0 Å². The number of aliphatic hydroxyl groups excluding tert-OH is 1. The van der Waals surface area contributed by atoms with Crippen LogP contribution in [0.2, 0.25) is 0 Å². The fourth-order valence-electron chi connectivity index (χ4n) is 0.900. The van der Waals surface area contributed by atoms with Crippen LogP contribution >= 0.6 is 15.9 Å². The molecular weight excluding hydrogens is 279 g/mol. The monoisotopic (exact) mass is 285 g/mol. The first-order valence-electron chi connectivity index (χ1n) is 3.81. The van der Waals surface area contributed by atoms with Gasteiger partial charge in [-0.05, 0) is 22.0 Å². The molecule has 1 rings (SSSR count). The van der Waals surface area contributed by atoms with Gasteiger partial charge in [-0.15, -0.1) is 0 Å². The lowest BCUT2D eigenvalue weighted by Crippen LogP contribution is -2.21. The zero-order valence-corrected chi connectivity index (χ0v) is 9.13. The molecule has 0 saturated carbocycles. The van der Waals surface area contributed by atoms with Gasteiger partial charge in [0, 0.05) is 10.5 Å². The highest BCUT2D eigenvalue weighted by Gasteiger charge is 2.41. The van der Waals surface area contributed by atoms with E-state index in [2.05, 4.69) is 25.7 Å². The van der Waals surface area contributed by atoms with Crippen molar-refractivity contribution < 1.29 is 23.0 Å². The van der Waals surface area contributed by atoms with Crippen molar-refractivity contribution in [3.05, 3.63) is 22.3 Å². The summed E-state index contributed by atoms with van der Waals surface area (Å²) in [6.07, 6.45) is -7.37. The summed E-state index contributed by atoms with van der Waals surface area (Å²) >= 11 is 2.87. The lowest BCUT2D eigenvalue weighted by Gasteiger charge is -2.15. The summed E-state index contributed by atoms with van der Waals surface area (Å²) in [6.45, 7) is 0. The minimum absolute atomic E-state index is 0.0106. The Morgan fingerprint density at radius 3 is 2.53 bits per heavy atom. The summed E-state index contributed by atoms with van der Waals surface area (Å²) in [5.74, 6) is 0.0106. The van der Waals surface area contributed by atoms with Crippen LogP contribution in [0.25, 0.3) is 0 Å². The average molecular weight is 286 g/mol. The van der Waals surface area contributed by atoms with Gasteiger partial charge in [0.05, 0.1) is 12.8 Å². The first kappa shape index (κ1) is 12.3. The fraction of sp³-hybridized carbons (Fsp3) is 0.375. The predicted molar refractivity (Wildman–Crippen MR) is 49.5 cm³/mol. The molecule has 15 heavy (non-hydrogen) atoms. The van der Waals surface area contributed by atoms with Gasteiger partial charge in [0.2, 0.25) is 5.88 Å². The summed E-state index contributed by atoms with van der Waals surface area (Å²) < 4.78 is 41.3. The van der Waals surface area contributed by atoms with E-state index in [0.717, 1.165) is 0 Å². The van der Waals surface area contributed by atoms with Crippen LogP contribution in [-0.4, -0.2) is 23.4 Å². The topological polar surface area (TPSA) is 42.4 Å². The normalized spacial score (nSPS) is 13.7. The van der Waals surface area contributed by atoms with E-state index in [1.807, 2.05) is 0 Å². The zero-order chi connectivity index (χ0) is 11.6. The molecule has 7 heteroatoms. The Kier molecular flexibility index (Phi) is 3.56. The molecule has 1 heterocycles. The standard InChI is InChI=1S/C8H7BrF3NO2/c1-15-5-3-2-4(9)6(13-5)7(14)8(10,11)12/h2-3,7,14H,1H3. The van der Waals surface area contributed by atoms with Crippen molar-refractivity contribution in [1.82, 2.24) is 4.98 Å². The number of aromatic nitrogens is 1. The van der Waals surface area contributed by atoms with Crippen LogP contribution in [0.3, 0.4) is 0 Å². The number of alkyl halides is 3. The van der Waals surface area contributed by atoms with E-state index >= 15 is 0 Å². The summed E-state index contributed by atoms with van der Waals surface area (Å²) in [7, 11) is 1.28. The second-order valence-electron chi connectivity index (χ2n) is 2.66. The Labute approximate surface area is 92.0 Å². The Bertz CT molecular complexity index is 356. The molecule has 0 spiro atoms. The van der Waals surface area contributed by atoms with Crippen LogP contribution in [0.5, 0.6) is 5.88 Å². The van der Waals surface area contributed by atoms with Crippen LogP contribution in [0.1, 0.15) is 11.8 Å². The first-order chi connectivity index (χ1) is 6.86. The quantitative estimate of drug-likeness (QED) is 0.908. The highest BCUT2D eigenvalue weighted by atomic mass is 79.9. The largest absolute Gasteiger partial charge is 0.481 e. The minimum atomic E-state index is -4.75. The van der Waals surface area contributed by atoms with Crippen molar-refractivity contribution in [3.63, 3.8) is 0 Å². The molecule has 84 valence electrons. The fourth-order valence-corrected chi connectivity index (χ4v) is 1.34. The molecule has 0 aliphatic rings. The molecule has 3 nitrogen and oxygen atoms in total. The van der Waals surface area contributed by atoms with Gasteiger partial charge in [0.25, 0.3) is 0 Å². The van der Waals surface area contributed by atoms with Crippen LogP contribution in [-0.2, 0) is 0 Å². The third kappa shape index (κ3) is 2.82. The van der Waals surface area contributed by atoms with E-state index < -0.39 is 18.0 Å². The van der Waals surface area contributed by atoms with Crippen LogP contribution < -0.4 is 4.74 Å². The molecule has 0 amide bonds. The second kappa shape index (κ2) is 4.36. The highest BCUT2D eigenvalue weighted by molar-refractivity contribution is 9.10. The van der Waals surface area contributed by atoms with Gasteiger partial charge in [-0.2, -0.15) is 13.2 Å². The van der Waals surface area contributed by atoms with Crippen molar-refractivity contribution >= 4 is 15.9 Å².